The highest BCUT2D eigenvalue weighted by molar-refractivity contribution is 6.30. The highest BCUT2D eigenvalue weighted by Crippen LogP contribution is 2.21. The maximum atomic E-state index is 12.6. The molecule has 5 nitrogen and oxygen atoms in total. The van der Waals surface area contributed by atoms with Gasteiger partial charge in [-0.2, -0.15) is 5.10 Å². The molecule has 0 fully saturated rings. The maximum Gasteiger partial charge on any atom is 0.225 e. The van der Waals surface area contributed by atoms with Gasteiger partial charge in [0.1, 0.15) is 0 Å². The van der Waals surface area contributed by atoms with E-state index in [1.165, 1.54) is 0 Å². The molecule has 7 heteroatoms. The second-order valence-electron chi connectivity index (χ2n) is 7.04. The number of nitrogens with zero attached hydrogens (tertiary/aromatic N) is 2. The highest BCUT2D eigenvalue weighted by Gasteiger charge is 2.29. The quantitative estimate of drug-likeness (QED) is 0.780. The summed E-state index contributed by atoms with van der Waals surface area (Å²) in [5.74, 6) is 0.212. The topological polar surface area (TPSA) is 72.9 Å². The minimum atomic E-state index is -0.412. The molecule has 3 N–H and O–H groups in total. The van der Waals surface area contributed by atoms with Crippen molar-refractivity contribution in [2.75, 3.05) is 6.54 Å². The summed E-state index contributed by atoms with van der Waals surface area (Å²) in [6, 6.07) is 7.48. The number of carbonyl (C=O) groups is 1. The average molecular weight is 399 g/mol. The number of halogens is 2. The molecule has 1 atom stereocenters. The van der Waals surface area contributed by atoms with Gasteiger partial charge in [0.05, 0.1) is 23.3 Å². The number of aromatic nitrogens is 2. The zero-order valence-corrected chi connectivity index (χ0v) is 17.5. The smallest absolute Gasteiger partial charge is 0.225 e. The Morgan fingerprint density at radius 3 is 2.38 bits per heavy atom. The number of carbonyl (C=O) groups excluding carboxylic acids is 1. The molecule has 1 amide bonds. The molecule has 0 radical (unpaired) electrons. The van der Waals surface area contributed by atoms with Crippen LogP contribution in [0.2, 0.25) is 5.02 Å². The molecule has 0 saturated heterocycles. The number of hydrogen-bond donors (Lipinski definition) is 2. The molecule has 0 aliphatic heterocycles. The van der Waals surface area contributed by atoms with Gasteiger partial charge < -0.3 is 11.1 Å². The van der Waals surface area contributed by atoms with Crippen LogP contribution in [0.25, 0.3) is 5.69 Å². The fourth-order valence-electron chi connectivity index (χ4n) is 2.72. The van der Waals surface area contributed by atoms with Crippen molar-refractivity contribution < 1.29 is 4.79 Å². The van der Waals surface area contributed by atoms with E-state index >= 15 is 0 Å². The van der Waals surface area contributed by atoms with Gasteiger partial charge in [-0.25, -0.2) is 4.68 Å². The zero-order valence-electron chi connectivity index (χ0n) is 16.0. The van der Waals surface area contributed by atoms with Gasteiger partial charge in [-0.3, -0.25) is 4.79 Å². The molecule has 1 heterocycles. The van der Waals surface area contributed by atoms with Gasteiger partial charge in [-0.15, -0.1) is 12.4 Å². The number of hydrogen-bond acceptors (Lipinski definition) is 3. The first-order valence-corrected chi connectivity index (χ1v) is 8.88. The van der Waals surface area contributed by atoms with Crippen molar-refractivity contribution in [2.24, 2.45) is 11.7 Å². The van der Waals surface area contributed by atoms with Crippen molar-refractivity contribution in [1.29, 1.82) is 0 Å². The number of amides is 1. The Morgan fingerprint density at radius 1 is 1.31 bits per heavy atom. The number of nitrogens with one attached hydrogen (secondary N) is 1. The highest BCUT2D eigenvalue weighted by atomic mass is 35.5. The van der Waals surface area contributed by atoms with Gasteiger partial charge in [-0.1, -0.05) is 25.4 Å². The molecule has 1 aromatic heterocycles. The molecule has 2 aromatic rings. The third-order valence-corrected chi connectivity index (χ3v) is 5.22. The Hall–Kier alpha value is -1.56. The van der Waals surface area contributed by atoms with E-state index in [1.807, 2.05) is 49.7 Å². The van der Waals surface area contributed by atoms with E-state index in [0.29, 0.717) is 11.6 Å². The third-order valence-electron chi connectivity index (χ3n) is 4.97. The van der Waals surface area contributed by atoms with Crippen LogP contribution in [-0.2, 0) is 11.2 Å². The largest absolute Gasteiger partial charge is 0.349 e. The lowest BCUT2D eigenvalue weighted by molar-refractivity contribution is -0.122. The van der Waals surface area contributed by atoms with Gasteiger partial charge in [0.2, 0.25) is 5.91 Å². The van der Waals surface area contributed by atoms with E-state index in [1.54, 1.807) is 0 Å². The standard InChI is InChI=1S/C19H27ClN4O.ClH/c1-12(2)19(5,11-21)22-18(25)10-17-13(3)23-24(14(17)4)16-8-6-15(20)7-9-16;/h6-9,12H,10-11,21H2,1-5H3,(H,22,25);1H. The molecule has 1 aromatic carbocycles. The van der Waals surface area contributed by atoms with Crippen LogP contribution in [0.4, 0.5) is 0 Å². The van der Waals surface area contributed by atoms with Gasteiger partial charge in [0.15, 0.2) is 0 Å². The molecule has 2 rings (SSSR count). The molecule has 1 unspecified atom stereocenters. The first-order valence-electron chi connectivity index (χ1n) is 8.50. The Balaban J connectivity index is 0.00000338. The van der Waals surface area contributed by atoms with Crippen LogP contribution in [0.1, 0.15) is 37.7 Å². The third kappa shape index (κ3) is 4.78. The van der Waals surface area contributed by atoms with E-state index in [-0.39, 0.29) is 30.7 Å². The average Bonchev–Trinajstić information content (AvgIpc) is 2.83. The van der Waals surface area contributed by atoms with E-state index in [9.17, 15) is 4.79 Å². The van der Waals surface area contributed by atoms with E-state index in [2.05, 4.69) is 24.3 Å². The molecule has 0 aliphatic carbocycles. The molecule has 0 aliphatic rings. The molecular weight excluding hydrogens is 371 g/mol. The van der Waals surface area contributed by atoms with Crippen molar-refractivity contribution in [1.82, 2.24) is 15.1 Å². The van der Waals surface area contributed by atoms with Crippen LogP contribution in [-0.4, -0.2) is 27.8 Å². The fourth-order valence-corrected chi connectivity index (χ4v) is 2.84. The van der Waals surface area contributed by atoms with E-state index < -0.39 is 5.54 Å². The van der Waals surface area contributed by atoms with Gasteiger partial charge in [-0.05, 0) is 51.0 Å². The lowest BCUT2D eigenvalue weighted by Gasteiger charge is -2.33. The number of nitrogens with two attached hydrogens (primary N) is 1. The second-order valence-corrected chi connectivity index (χ2v) is 7.48. The van der Waals surface area contributed by atoms with Crippen LogP contribution in [0.15, 0.2) is 24.3 Å². The Labute approximate surface area is 166 Å². The Kier molecular flexibility index (Phi) is 7.69. The van der Waals surface area contributed by atoms with Gasteiger partial charge in [0.25, 0.3) is 0 Å². The van der Waals surface area contributed by atoms with Crippen molar-refractivity contribution in [3.8, 4) is 5.69 Å². The van der Waals surface area contributed by atoms with Crippen molar-refractivity contribution in [2.45, 2.75) is 46.6 Å². The molecule has 0 bridgehead atoms. The summed E-state index contributed by atoms with van der Waals surface area (Å²) in [7, 11) is 0. The lowest BCUT2D eigenvalue weighted by atomic mass is 9.88. The SMILES string of the molecule is Cc1nn(-c2ccc(Cl)cc2)c(C)c1CC(=O)NC(C)(CN)C(C)C.Cl. The summed E-state index contributed by atoms with van der Waals surface area (Å²) < 4.78 is 1.85. The second kappa shape index (κ2) is 8.89. The summed E-state index contributed by atoms with van der Waals surface area (Å²) >= 11 is 5.95. The van der Waals surface area contributed by atoms with Crippen LogP contribution < -0.4 is 11.1 Å². The zero-order chi connectivity index (χ0) is 18.8. The van der Waals surface area contributed by atoms with Crippen LogP contribution >= 0.6 is 24.0 Å². The Bertz CT molecular complexity index is 756. The molecule has 0 spiro atoms. The summed E-state index contributed by atoms with van der Waals surface area (Å²) in [4.78, 5) is 12.6. The first-order chi connectivity index (χ1) is 11.7. The molecule has 144 valence electrons. The maximum absolute atomic E-state index is 12.6. The minimum Gasteiger partial charge on any atom is -0.349 e. The molecule has 0 saturated carbocycles. The predicted octanol–water partition coefficient (Wildman–Crippen LogP) is 3.60. The summed E-state index contributed by atoms with van der Waals surface area (Å²) in [6.45, 7) is 10.4. The Morgan fingerprint density at radius 2 is 1.88 bits per heavy atom. The first kappa shape index (κ1) is 22.5. The monoisotopic (exact) mass is 398 g/mol. The normalized spacial score (nSPS) is 13.2. The van der Waals surface area contributed by atoms with Crippen LogP contribution in [0.3, 0.4) is 0 Å². The van der Waals surface area contributed by atoms with Gasteiger partial charge >= 0.3 is 0 Å². The predicted molar refractivity (Wildman–Crippen MR) is 109 cm³/mol. The van der Waals surface area contributed by atoms with E-state index in [0.717, 1.165) is 22.6 Å². The van der Waals surface area contributed by atoms with Crippen molar-refractivity contribution in [3.63, 3.8) is 0 Å². The van der Waals surface area contributed by atoms with Crippen LogP contribution in [0.5, 0.6) is 0 Å². The molecule has 26 heavy (non-hydrogen) atoms. The lowest BCUT2D eigenvalue weighted by Crippen LogP contribution is -2.55. The van der Waals surface area contributed by atoms with Crippen LogP contribution in [0, 0.1) is 19.8 Å². The minimum absolute atomic E-state index is 0. The summed E-state index contributed by atoms with van der Waals surface area (Å²) in [5, 5.41) is 8.35. The fraction of sp³-hybridized carbons (Fsp3) is 0.474. The van der Waals surface area contributed by atoms with E-state index in [4.69, 9.17) is 17.3 Å². The summed E-state index contributed by atoms with van der Waals surface area (Å²) in [5.41, 5.74) is 9.11. The van der Waals surface area contributed by atoms with Gasteiger partial charge in [0, 0.05) is 22.8 Å². The summed E-state index contributed by atoms with van der Waals surface area (Å²) in [6.07, 6.45) is 0.285. The number of benzene rings is 1. The van der Waals surface area contributed by atoms with Crippen molar-refractivity contribution >= 4 is 29.9 Å². The number of rotatable bonds is 6. The molecular formula is C19H28Cl2N4O. The number of aryl methyl sites for hydroxylation is 1. The van der Waals surface area contributed by atoms with Crippen molar-refractivity contribution in [3.05, 3.63) is 46.2 Å².